The number of fused-ring (bicyclic) bond motifs is 1. The summed E-state index contributed by atoms with van der Waals surface area (Å²) in [6.45, 7) is 4.06. The van der Waals surface area contributed by atoms with E-state index >= 15 is 0 Å². The summed E-state index contributed by atoms with van der Waals surface area (Å²) >= 11 is 1.29. The van der Waals surface area contributed by atoms with Crippen LogP contribution in [0.25, 0.3) is 5.78 Å². The Kier molecular flexibility index (Phi) is 5.68. The molecule has 3 aromatic rings. The van der Waals surface area contributed by atoms with Crippen molar-refractivity contribution in [2.24, 2.45) is 0 Å². The predicted octanol–water partition coefficient (Wildman–Crippen LogP) is 2.00. The molecule has 2 heterocycles. The van der Waals surface area contributed by atoms with E-state index in [1.54, 1.807) is 4.40 Å². The minimum Gasteiger partial charge on any atom is -0.348 e. The van der Waals surface area contributed by atoms with Crippen molar-refractivity contribution < 1.29 is 4.79 Å². The molecule has 1 aromatic carbocycles. The van der Waals surface area contributed by atoms with Gasteiger partial charge < -0.3 is 15.1 Å². The lowest BCUT2D eigenvalue weighted by atomic mass is 10.1. The Morgan fingerprint density at radius 3 is 2.46 bits per heavy atom. The zero-order valence-electron chi connectivity index (χ0n) is 16.9. The standard InChI is InChI=1S/C18H24N8OS/c1-11-7-8-13(9-12(11)2)19-14(27)10-28-18-23-22-16-20-15(24(3)4)21-17(25(5)6)26(16)18/h7-9H,10H2,1-6H3,(H,19,27). The van der Waals surface area contributed by atoms with Crippen LogP contribution in [0.5, 0.6) is 0 Å². The molecular formula is C18H24N8OS. The van der Waals surface area contributed by atoms with Crippen LogP contribution in [-0.2, 0) is 4.79 Å². The molecule has 0 unspecified atom stereocenters. The molecule has 0 spiro atoms. The van der Waals surface area contributed by atoms with E-state index < -0.39 is 0 Å². The smallest absolute Gasteiger partial charge is 0.261 e. The number of anilines is 3. The zero-order chi connectivity index (χ0) is 20.4. The number of nitrogens with one attached hydrogen (secondary N) is 1. The van der Waals surface area contributed by atoms with Gasteiger partial charge in [0.15, 0.2) is 5.16 Å². The van der Waals surface area contributed by atoms with Gasteiger partial charge in [0.2, 0.25) is 17.8 Å². The van der Waals surface area contributed by atoms with Crippen LogP contribution in [0.3, 0.4) is 0 Å². The molecule has 0 saturated heterocycles. The summed E-state index contributed by atoms with van der Waals surface area (Å²) in [6, 6.07) is 5.86. The molecular weight excluding hydrogens is 376 g/mol. The second-order valence-electron chi connectivity index (χ2n) is 6.87. The highest BCUT2D eigenvalue weighted by Crippen LogP contribution is 2.23. The monoisotopic (exact) mass is 400 g/mol. The molecule has 10 heteroatoms. The molecule has 0 aliphatic rings. The van der Waals surface area contributed by atoms with Crippen molar-refractivity contribution >= 4 is 41.0 Å². The quantitative estimate of drug-likeness (QED) is 0.628. The van der Waals surface area contributed by atoms with E-state index in [4.69, 9.17) is 0 Å². The Morgan fingerprint density at radius 1 is 1.07 bits per heavy atom. The Bertz CT molecular complexity index is 1010. The summed E-state index contributed by atoms with van der Waals surface area (Å²) in [6.07, 6.45) is 0. The van der Waals surface area contributed by atoms with Crippen LogP contribution in [0.2, 0.25) is 0 Å². The molecule has 1 amide bonds. The van der Waals surface area contributed by atoms with Gasteiger partial charge in [-0.1, -0.05) is 17.8 Å². The van der Waals surface area contributed by atoms with Crippen LogP contribution in [0.4, 0.5) is 17.6 Å². The number of carbonyl (C=O) groups excluding carboxylic acids is 1. The Morgan fingerprint density at radius 2 is 1.82 bits per heavy atom. The number of hydrogen-bond acceptors (Lipinski definition) is 8. The van der Waals surface area contributed by atoms with E-state index in [1.165, 1.54) is 17.3 Å². The highest BCUT2D eigenvalue weighted by Gasteiger charge is 2.18. The average molecular weight is 401 g/mol. The Balaban J connectivity index is 1.78. The molecule has 0 radical (unpaired) electrons. The van der Waals surface area contributed by atoms with Crippen molar-refractivity contribution in [3.8, 4) is 0 Å². The second-order valence-corrected chi connectivity index (χ2v) is 7.81. The van der Waals surface area contributed by atoms with Gasteiger partial charge in [0.05, 0.1) is 5.75 Å². The van der Waals surface area contributed by atoms with Gasteiger partial charge in [-0.15, -0.1) is 10.2 Å². The number of aromatic nitrogens is 5. The second kappa shape index (κ2) is 8.01. The Hall–Kier alpha value is -2.88. The lowest BCUT2D eigenvalue weighted by Gasteiger charge is -2.17. The van der Waals surface area contributed by atoms with Crippen LogP contribution in [-0.4, -0.2) is 64.4 Å². The molecule has 1 N–H and O–H groups in total. The van der Waals surface area contributed by atoms with Crippen LogP contribution in [0.1, 0.15) is 11.1 Å². The third-order valence-electron chi connectivity index (χ3n) is 4.14. The van der Waals surface area contributed by atoms with E-state index in [9.17, 15) is 4.79 Å². The zero-order valence-corrected chi connectivity index (χ0v) is 17.7. The van der Waals surface area contributed by atoms with Gasteiger partial charge >= 0.3 is 0 Å². The number of nitrogens with zero attached hydrogens (tertiary/aromatic N) is 7. The van der Waals surface area contributed by atoms with Crippen molar-refractivity contribution in [2.45, 2.75) is 19.0 Å². The fraction of sp³-hybridized carbons (Fsp3) is 0.389. The first-order valence-electron chi connectivity index (χ1n) is 8.74. The maximum Gasteiger partial charge on any atom is 0.261 e. The van der Waals surface area contributed by atoms with Crippen molar-refractivity contribution in [3.63, 3.8) is 0 Å². The normalized spacial score (nSPS) is 10.9. The van der Waals surface area contributed by atoms with Gasteiger partial charge in [-0.05, 0) is 37.1 Å². The first-order chi connectivity index (χ1) is 13.3. The number of aryl methyl sites for hydroxylation is 2. The molecule has 148 valence electrons. The highest BCUT2D eigenvalue weighted by molar-refractivity contribution is 7.99. The minimum atomic E-state index is -0.109. The number of carbonyl (C=O) groups is 1. The Labute approximate surface area is 168 Å². The van der Waals surface area contributed by atoms with Crippen LogP contribution in [0.15, 0.2) is 23.4 Å². The average Bonchev–Trinajstić information content (AvgIpc) is 3.05. The molecule has 0 atom stereocenters. The number of benzene rings is 1. The summed E-state index contributed by atoms with van der Waals surface area (Å²) in [5.41, 5.74) is 3.11. The minimum absolute atomic E-state index is 0.109. The van der Waals surface area contributed by atoms with Gasteiger partial charge in [-0.3, -0.25) is 4.79 Å². The molecule has 0 aliphatic carbocycles. The molecule has 9 nitrogen and oxygen atoms in total. The lowest BCUT2D eigenvalue weighted by molar-refractivity contribution is -0.113. The summed E-state index contributed by atoms with van der Waals surface area (Å²) in [5, 5.41) is 11.8. The largest absolute Gasteiger partial charge is 0.348 e. The molecule has 0 fully saturated rings. The van der Waals surface area contributed by atoms with E-state index in [-0.39, 0.29) is 11.7 Å². The van der Waals surface area contributed by atoms with E-state index in [2.05, 4.69) is 25.5 Å². The van der Waals surface area contributed by atoms with Crippen molar-refractivity contribution in [1.82, 2.24) is 24.6 Å². The molecule has 0 aliphatic heterocycles. The number of thioether (sulfide) groups is 1. The van der Waals surface area contributed by atoms with Crippen LogP contribution < -0.4 is 15.1 Å². The SMILES string of the molecule is Cc1ccc(NC(=O)CSc2nnc3nc(N(C)C)nc(N(C)C)n23)cc1C. The molecule has 3 rings (SSSR count). The first-order valence-corrected chi connectivity index (χ1v) is 9.72. The number of hydrogen-bond donors (Lipinski definition) is 1. The van der Waals surface area contributed by atoms with Gasteiger partial charge in [0, 0.05) is 33.9 Å². The van der Waals surface area contributed by atoms with Gasteiger partial charge in [-0.2, -0.15) is 9.97 Å². The van der Waals surface area contributed by atoms with E-state index in [0.29, 0.717) is 22.8 Å². The summed E-state index contributed by atoms with van der Waals surface area (Å²) < 4.78 is 1.75. The topological polar surface area (TPSA) is 91.5 Å². The molecule has 2 aromatic heterocycles. The number of amides is 1. The van der Waals surface area contributed by atoms with Gasteiger partial charge in [-0.25, -0.2) is 4.40 Å². The summed E-state index contributed by atoms with van der Waals surface area (Å²) in [7, 11) is 7.52. The van der Waals surface area contributed by atoms with Crippen molar-refractivity contribution in [1.29, 1.82) is 0 Å². The third-order valence-corrected chi connectivity index (χ3v) is 5.07. The maximum absolute atomic E-state index is 12.4. The van der Waals surface area contributed by atoms with Gasteiger partial charge in [0.1, 0.15) is 0 Å². The van der Waals surface area contributed by atoms with Crippen LogP contribution in [0, 0.1) is 13.8 Å². The van der Waals surface area contributed by atoms with Crippen LogP contribution >= 0.6 is 11.8 Å². The summed E-state index contributed by atoms with van der Waals surface area (Å²) in [5.74, 6) is 1.74. The fourth-order valence-electron chi connectivity index (χ4n) is 2.50. The predicted molar refractivity (Wildman–Crippen MR) is 113 cm³/mol. The number of rotatable bonds is 6. The molecule has 28 heavy (non-hydrogen) atoms. The van der Waals surface area contributed by atoms with E-state index in [1.807, 2.05) is 70.0 Å². The molecule has 0 bridgehead atoms. The van der Waals surface area contributed by atoms with E-state index in [0.717, 1.165) is 11.3 Å². The third kappa shape index (κ3) is 4.16. The first kappa shape index (κ1) is 19.9. The lowest BCUT2D eigenvalue weighted by Crippen LogP contribution is -2.20. The van der Waals surface area contributed by atoms with Crippen molar-refractivity contribution in [3.05, 3.63) is 29.3 Å². The fourth-order valence-corrected chi connectivity index (χ4v) is 3.23. The highest BCUT2D eigenvalue weighted by atomic mass is 32.2. The summed E-state index contributed by atoms with van der Waals surface area (Å²) in [4.78, 5) is 25.0. The maximum atomic E-state index is 12.4. The van der Waals surface area contributed by atoms with Gasteiger partial charge in [0.25, 0.3) is 5.78 Å². The van der Waals surface area contributed by atoms with Crippen molar-refractivity contribution in [2.75, 3.05) is 49.1 Å². The molecule has 0 saturated carbocycles.